The fourth-order valence-electron chi connectivity index (χ4n) is 2.84. The molecule has 1 amide bonds. The van der Waals surface area contributed by atoms with Crippen LogP contribution in [0.4, 0.5) is 16.4 Å². The minimum Gasteiger partial charge on any atom is -0.462 e. The van der Waals surface area contributed by atoms with Gasteiger partial charge in [-0.05, 0) is 38.5 Å². The van der Waals surface area contributed by atoms with E-state index < -0.39 is 35.3 Å². The van der Waals surface area contributed by atoms with Gasteiger partial charge in [0.2, 0.25) is 0 Å². The monoisotopic (exact) mass is 493 g/mol. The van der Waals surface area contributed by atoms with Gasteiger partial charge in [-0.2, -0.15) is 0 Å². The van der Waals surface area contributed by atoms with E-state index in [4.69, 9.17) is 14.2 Å². The van der Waals surface area contributed by atoms with Crippen LogP contribution in [-0.4, -0.2) is 55.6 Å². The van der Waals surface area contributed by atoms with Crippen LogP contribution >= 0.6 is 11.3 Å². The molecule has 0 bridgehead atoms. The molecule has 1 aromatic carbocycles. The molecule has 1 aromatic heterocycles. The highest BCUT2D eigenvalue weighted by molar-refractivity contribution is 7.18. The van der Waals surface area contributed by atoms with Gasteiger partial charge >= 0.3 is 17.9 Å². The number of ether oxygens (including phenoxy) is 3. The Bertz CT molecular complexity index is 1130. The molecule has 0 aliphatic rings. The maximum atomic E-state index is 12.4. The van der Waals surface area contributed by atoms with E-state index in [0.29, 0.717) is 0 Å². The first kappa shape index (κ1) is 26.3. The topological polar surface area (TPSA) is 163 Å². The number of nitrogens with zero attached hydrogens (tertiary/aromatic N) is 1. The normalized spacial score (nSPS) is 10.2. The van der Waals surface area contributed by atoms with Crippen LogP contribution in [0.3, 0.4) is 0 Å². The molecule has 2 N–H and O–H groups in total. The van der Waals surface area contributed by atoms with Crippen LogP contribution in [0.5, 0.6) is 0 Å². The van der Waals surface area contributed by atoms with Gasteiger partial charge in [0.1, 0.15) is 15.6 Å². The van der Waals surface area contributed by atoms with E-state index in [1.54, 1.807) is 13.8 Å². The average Bonchev–Trinajstić information content (AvgIpc) is 3.12. The maximum absolute atomic E-state index is 12.4. The standard InChI is InChI=1S/C21H23N3O9S/c1-5-31-20(27)16-11(3)17(21(28)32-6-2)34-18(16)23-15(25)10-33-19(26)12-7-8-13(22-4)14(9-12)24(29)30/h7-9,22H,5-6,10H2,1-4H3,(H,23,25). The molecule has 0 atom stereocenters. The fraction of sp³-hybridized carbons (Fsp3) is 0.333. The number of anilines is 2. The van der Waals surface area contributed by atoms with Gasteiger partial charge in [0.05, 0.1) is 29.3 Å². The van der Waals surface area contributed by atoms with E-state index in [9.17, 15) is 29.3 Å². The highest BCUT2D eigenvalue weighted by Gasteiger charge is 2.27. The van der Waals surface area contributed by atoms with Crippen molar-refractivity contribution in [2.24, 2.45) is 0 Å². The molecule has 0 saturated heterocycles. The van der Waals surface area contributed by atoms with Crippen molar-refractivity contribution in [2.75, 3.05) is 37.5 Å². The predicted molar refractivity (Wildman–Crippen MR) is 123 cm³/mol. The zero-order chi connectivity index (χ0) is 25.4. The minimum absolute atomic E-state index is 0.00661. The zero-order valence-electron chi connectivity index (χ0n) is 18.9. The second-order valence-electron chi connectivity index (χ2n) is 6.56. The summed E-state index contributed by atoms with van der Waals surface area (Å²) in [6.07, 6.45) is 0. The number of nitro groups is 1. The summed E-state index contributed by atoms with van der Waals surface area (Å²) < 4.78 is 14.9. The maximum Gasteiger partial charge on any atom is 0.348 e. The van der Waals surface area contributed by atoms with Crippen LogP contribution < -0.4 is 10.6 Å². The van der Waals surface area contributed by atoms with Crippen LogP contribution in [0.1, 0.15) is 49.8 Å². The lowest BCUT2D eigenvalue weighted by molar-refractivity contribution is -0.384. The van der Waals surface area contributed by atoms with E-state index >= 15 is 0 Å². The number of nitrogens with one attached hydrogen (secondary N) is 2. The molecule has 0 saturated carbocycles. The second kappa shape index (κ2) is 11.7. The van der Waals surface area contributed by atoms with Crippen molar-refractivity contribution in [3.05, 3.63) is 49.9 Å². The zero-order valence-corrected chi connectivity index (χ0v) is 19.7. The Morgan fingerprint density at radius 3 is 2.26 bits per heavy atom. The van der Waals surface area contributed by atoms with Gasteiger partial charge in [0.15, 0.2) is 6.61 Å². The molecule has 0 aliphatic carbocycles. The van der Waals surface area contributed by atoms with Crippen molar-refractivity contribution >= 4 is 51.5 Å². The molecule has 34 heavy (non-hydrogen) atoms. The van der Waals surface area contributed by atoms with Crippen molar-refractivity contribution in [2.45, 2.75) is 20.8 Å². The van der Waals surface area contributed by atoms with Gasteiger partial charge in [0.25, 0.3) is 11.6 Å². The second-order valence-corrected chi connectivity index (χ2v) is 7.59. The number of hydrogen-bond acceptors (Lipinski definition) is 11. The van der Waals surface area contributed by atoms with Crippen LogP contribution in [0, 0.1) is 17.0 Å². The molecule has 0 fully saturated rings. The molecule has 1 heterocycles. The van der Waals surface area contributed by atoms with Gasteiger partial charge in [-0.25, -0.2) is 14.4 Å². The minimum atomic E-state index is -0.957. The molecule has 12 nitrogen and oxygen atoms in total. The summed E-state index contributed by atoms with van der Waals surface area (Å²) in [7, 11) is 1.49. The Morgan fingerprint density at radius 1 is 1.03 bits per heavy atom. The van der Waals surface area contributed by atoms with Crippen molar-refractivity contribution < 1.29 is 38.3 Å². The molecule has 2 rings (SSSR count). The first-order valence-corrected chi connectivity index (χ1v) is 10.9. The lowest BCUT2D eigenvalue weighted by Gasteiger charge is -2.08. The molecule has 2 aromatic rings. The first-order chi connectivity index (χ1) is 16.1. The smallest absolute Gasteiger partial charge is 0.348 e. The van der Waals surface area contributed by atoms with Gasteiger partial charge in [-0.1, -0.05) is 0 Å². The number of thiophene rings is 1. The predicted octanol–water partition coefficient (Wildman–Crippen LogP) is 3.16. The number of benzene rings is 1. The summed E-state index contributed by atoms with van der Waals surface area (Å²) in [6, 6.07) is 3.68. The van der Waals surface area contributed by atoms with Crippen molar-refractivity contribution in [1.82, 2.24) is 0 Å². The Kier molecular flexibility index (Phi) is 9.07. The number of nitro benzene ring substituents is 1. The van der Waals surface area contributed by atoms with Crippen LogP contribution in [-0.2, 0) is 19.0 Å². The van der Waals surface area contributed by atoms with Crippen LogP contribution in [0.2, 0.25) is 0 Å². The fourth-order valence-corrected chi connectivity index (χ4v) is 3.95. The SMILES string of the molecule is CCOC(=O)c1sc(NC(=O)COC(=O)c2ccc(NC)c([N+](=O)[O-])c2)c(C(=O)OCC)c1C. The molecule has 182 valence electrons. The molecule has 0 radical (unpaired) electrons. The Hall–Kier alpha value is -4.00. The summed E-state index contributed by atoms with van der Waals surface area (Å²) in [6.45, 7) is 4.21. The van der Waals surface area contributed by atoms with E-state index in [0.717, 1.165) is 17.4 Å². The number of amides is 1. The molecule has 0 spiro atoms. The number of carbonyl (C=O) groups excluding carboxylic acids is 4. The summed E-state index contributed by atoms with van der Waals surface area (Å²) >= 11 is 0.827. The van der Waals surface area contributed by atoms with Gasteiger partial charge in [0, 0.05) is 13.1 Å². The van der Waals surface area contributed by atoms with Crippen molar-refractivity contribution in [3.63, 3.8) is 0 Å². The quantitative estimate of drug-likeness (QED) is 0.217. The Balaban J connectivity index is 2.18. The van der Waals surface area contributed by atoms with E-state index in [1.807, 2.05) is 0 Å². The highest BCUT2D eigenvalue weighted by Crippen LogP contribution is 2.34. The number of esters is 3. The lowest BCUT2D eigenvalue weighted by atomic mass is 10.1. The number of carbonyl (C=O) groups is 4. The molecular weight excluding hydrogens is 470 g/mol. The van der Waals surface area contributed by atoms with Gasteiger partial charge in [-0.3, -0.25) is 14.9 Å². The number of hydrogen-bond donors (Lipinski definition) is 2. The van der Waals surface area contributed by atoms with Gasteiger partial charge in [-0.15, -0.1) is 11.3 Å². The van der Waals surface area contributed by atoms with Crippen LogP contribution in [0.25, 0.3) is 0 Å². The number of rotatable bonds is 10. The summed E-state index contributed by atoms with van der Waals surface area (Å²) in [4.78, 5) is 59.9. The van der Waals surface area contributed by atoms with E-state index in [1.165, 1.54) is 26.1 Å². The van der Waals surface area contributed by atoms with E-state index in [-0.39, 0.29) is 51.2 Å². The molecule has 0 unspecified atom stereocenters. The third-order valence-electron chi connectivity index (χ3n) is 4.37. The third kappa shape index (κ3) is 6.07. The molecule has 0 aliphatic heterocycles. The highest BCUT2D eigenvalue weighted by atomic mass is 32.1. The summed E-state index contributed by atoms with van der Waals surface area (Å²) in [5, 5.41) is 16.3. The third-order valence-corrected chi connectivity index (χ3v) is 5.56. The molecule has 13 heteroatoms. The summed E-state index contributed by atoms with van der Waals surface area (Å²) in [5.74, 6) is -3.15. The lowest BCUT2D eigenvalue weighted by Crippen LogP contribution is -2.22. The average molecular weight is 493 g/mol. The Morgan fingerprint density at radius 2 is 1.68 bits per heavy atom. The van der Waals surface area contributed by atoms with Crippen LogP contribution in [0.15, 0.2) is 18.2 Å². The Labute approximate surface area is 198 Å². The van der Waals surface area contributed by atoms with E-state index in [2.05, 4.69) is 10.6 Å². The largest absolute Gasteiger partial charge is 0.462 e. The van der Waals surface area contributed by atoms with Crippen molar-refractivity contribution in [1.29, 1.82) is 0 Å². The molecular formula is C21H23N3O9S. The first-order valence-electron chi connectivity index (χ1n) is 10.0. The van der Waals surface area contributed by atoms with Gasteiger partial charge < -0.3 is 24.8 Å². The summed E-state index contributed by atoms with van der Waals surface area (Å²) in [5.41, 5.74) is 0.0264. The van der Waals surface area contributed by atoms with Crippen molar-refractivity contribution in [3.8, 4) is 0 Å².